The predicted molar refractivity (Wildman–Crippen MR) is 121 cm³/mol. The van der Waals surface area contributed by atoms with E-state index in [4.69, 9.17) is 17.3 Å². The zero-order valence-corrected chi connectivity index (χ0v) is 17.3. The molecule has 0 spiro atoms. The SMILES string of the molecule is CCCCCc1c[c]c2c3c(C(N)=O)cccc3n(Cc3ccccc3Cl)c2c1. The molecular formula is C25H24ClN2O. The van der Waals surface area contributed by atoms with Gasteiger partial charge in [-0.15, -0.1) is 0 Å². The molecule has 147 valence electrons. The van der Waals surface area contributed by atoms with Gasteiger partial charge in [0.15, 0.2) is 0 Å². The Kier molecular flexibility index (Phi) is 5.59. The Morgan fingerprint density at radius 3 is 2.69 bits per heavy atom. The molecule has 4 heteroatoms. The van der Waals surface area contributed by atoms with Gasteiger partial charge in [0, 0.05) is 27.9 Å². The number of hydrogen-bond donors (Lipinski definition) is 1. The second-order valence-corrected chi connectivity index (χ2v) is 7.87. The first-order valence-electron chi connectivity index (χ1n) is 10.1. The molecule has 4 rings (SSSR count). The number of primary amides is 1. The molecule has 0 atom stereocenters. The number of nitrogens with zero attached hydrogens (tertiary/aromatic N) is 1. The van der Waals surface area contributed by atoms with Gasteiger partial charge in [-0.05, 0) is 54.3 Å². The van der Waals surface area contributed by atoms with E-state index in [1.807, 2.05) is 36.4 Å². The van der Waals surface area contributed by atoms with Gasteiger partial charge in [0.05, 0.1) is 11.0 Å². The molecule has 2 N–H and O–H groups in total. The van der Waals surface area contributed by atoms with Crippen LogP contribution in [0.4, 0.5) is 0 Å². The third-order valence-electron chi connectivity index (χ3n) is 5.47. The molecule has 0 fully saturated rings. The molecule has 0 aliphatic heterocycles. The highest BCUT2D eigenvalue weighted by Crippen LogP contribution is 2.33. The first-order valence-corrected chi connectivity index (χ1v) is 10.5. The Hall–Kier alpha value is -2.78. The first kappa shape index (κ1) is 19.5. The monoisotopic (exact) mass is 403 g/mol. The number of carbonyl (C=O) groups is 1. The van der Waals surface area contributed by atoms with Crippen molar-refractivity contribution in [1.82, 2.24) is 4.57 Å². The van der Waals surface area contributed by atoms with Crippen molar-refractivity contribution < 1.29 is 4.79 Å². The molecule has 0 aliphatic rings. The van der Waals surface area contributed by atoms with Crippen LogP contribution in [0.25, 0.3) is 21.8 Å². The average molecular weight is 404 g/mol. The highest BCUT2D eigenvalue weighted by Gasteiger charge is 2.17. The van der Waals surface area contributed by atoms with E-state index in [9.17, 15) is 4.79 Å². The molecule has 0 saturated carbocycles. The van der Waals surface area contributed by atoms with Crippen LogP contribution in [0.15, 0.2) is 54.6 Å². The van der Waals surface area contributed by atoms with Crippen molar-refractivity contribution in [3.63, 3.8) is 0 Å². The van der Waals surface area contributed by atoms with Crippen molar-refractivity contribution >= 4 is 39.3 Å². The van der Waals surface area contributed by atoms with Crippen molar-refractivity contribution in [3.8, 4) is 0 Å². The molecule has 4 aromatic rings. The standard InChI is InChI=1S/C25H24ClN2O/c1-2-3-4-8-17-13-14-19-23(15-17)28(16-18-9-5-6-11-21(18)26)22-12-7-10-20(24(19)22)25(27)29/h5-7,9-13,15H,2-4,8,16H2,1H3,(H2,27,29). The summed E-state index contributed by atoms with van der Waals surface area (Å²) in [6.45, 7) is 2.83. The van der Waals surface area contributed by atoms with Gasteiger partial charge in [0.1, 0.15) is 0 Å². The van der Waals surface area contributed by atoms with Gasteiger partial charge in [0.2, 0.25) is 5.91 Å². The van der Waals surface area contributed by atoms with Crippen LogP contribution < -0.4 is 5.73 Å². The van der Waals surface area contributed by atoms with Crippen LogP contribution in [-0.2, 0) is 13.0 Å². The Bertz CT molecular complexity index is 1190. The molecule has 3 nitrogen and oxygen atoms in total. The van der Waals surface area contributed by atoms with E-state index in [2.05, 4.69) is 29.7 Å². The summed E-state index contributed by atoms with van der Waals surface area (Å²) in [5.74, 6) is -0.423. The fraction of sp³-hybridized carbons (Fsp3) is 0.240. The fourth-order valence-corrected chi connectivity index (χ4v) is 4.19. The molecule has 0 bridgehead atoms. The molecule has 1 heterocycles. The van der Waals surface area contributed by atoms with Crippen molar-refractivity contribution in [2.24, 2.45) is 5.73 Å². The number of unbranched alkanes of at least 4 members (excludes halogenated alkanes) is 2. The zero-order chi connectivity index (χ0) is 20.4. The van der Waals surface area contributed by atoms with E-state index in [0.717, 1.165) is 45.2 Å². The first-order chi connectivity index (χ1) is 14.1. The number of aromatic nitrogens is 1. The number of carbonyl (C=O) groups excluding carboxylic acids is 1. The maximum Gasteiger partial charge on any atom is 0.249 e. The topological polar surface area (TPSA) is 48.0 Å². The maximum absolute atomic E-state index is 12.1. The third kappa shape index (κ3) is 3.75. The van der Waals surface area contributed by atoms with Crippen LogP contribution in [-0.4, -0.2) is 10.5 Å². The van der Waals surface area contributed by atoms with Crippen molar-refractivity contribution in [2.45, 2.75) is 39.2 Å². The zero-order valence-electron chi connectivity index (χ0n) is 16.5. The Labute approximate surface area is 176 Å². The molecule has 1 radical (unpaired) electrons. The normalized spacial score (nSPS) is 11.4. The summed E-state index contributed by atoms with van der Waals surface area (Å²) >= 11 is 6.45. The molecular weight excluding hydrogens is 380 g/mol. The third-order valence-corrected chi connectivity index (χ3v) is 5.84. The van der Waals surface area contributed by atoms with Gasteiger partial charge in [-0.2, -0.15) is 0 Å². The quantitative estimate of drug-likeness (QED) is 0.371. The lowest BCUT2D eigenvalue weighted by Crippen LogP contribution is -2.11. The number of benzene rings is 3. The van der Waals surface area contributed by atoms with Crippen LogP contribution in [0.2, 0.25) is 5.02 Å². The Morgan fingerprint density at radius 2 is 1.93 bits per heavy atom. The Balaban J connectivity index is 1.94. The van der Waals surface area contributed by atoms with Crippen molar-refractivity contribution in [2.75, 3.05) is 0 Å². The summed E-state index contributed by atoms with van der Waals surface area (Å²) < 4.78 is 2.22. The van der Waals surface area contributed by atoms with Crippen LogP contribution >= 0.6 is 11.6 Å². The summed E-state index contributed by atoms with van der Waals surface area (Å²) in [5.41, 5.74) is 10.5. The van der Waals surface area contributed by atoms with E-state index in [0.29, 0.717) is 12.1 Å². The van der Waals surface area contributed by atoms with Gasteiger partial charge < -0.3 is 10.3 Å². The van der Waals surface area contributed by atoms with Crippen LogP contribution in [0.5, 0.6) is 0 Å². The minimum Gasteiger partial charge on any atom is -0.366 e. The number of rotatable bonds is 7. The lowest BCUT2D eigenvalue weighted by molar-refractivity contribution is 0.100. The number of aryl methyl sites for hydroxylation is 1. The summed E-state index contributed by atoms with van der Waals surface area (Å²) in [6.07, 6.45) is 4.59. The van der Waals surface area contributed by atoms with E-state index < -0.39 is 5.91 Å². The minimum atomic E-state index is -0.423. The van der Waals surface area contributed by atoms with E-state index in [-0.39, 0.29) is 0 Å². The lowest BCUT2D eigenvalue weighted by atomic mass is 10.0. The number of halogens is 1. The molecule has 1 aromatic heterocycles. The number of nitrogens with two attached hydrogens (primary N) is 1. The number of amides is 1. The van der Waals surface area contributed by atoms with Gasteiger partial charge >= 0.3 is 0 Å². The van der Waals surface area contributed by atoms with Crippen LogP contribution in [0.3, 0.4) is 0 Å². The summed E-state index contributed by atoms with van der Waals surface area (Å²) in [5, 5.41) is 2.53. The Morgan fingerprint density at radius 1 is 1.10 bits per heavy atom. The second kappa shape index (κ2) is 8.30. The molecule has 0 saturated heterocycles. The van der Waals surface area contributed by atoms with Crippen LogP contribution in [0, 0.1) is 6.07 Å². The highest BCUT2D eigenvalue weighted by molar-refractivity contribution is 6.31. The number of fused-ring (bicyclic) bond motifs is 3. The van der Waals surface area contributed by atoms with Gasteiger partial charge in [0.25, 0.3) is 0 Å². The molecule has 3 aromatic carbocycles. The van der Waals surface area contributed by atoms with E-state index >= 15 is 0 Å². The van der Waals surface area contributed by atoms with Crippen molar-refractivity contribution in [3.05, 3.63) is 82.4 Å². The van der Waals surface area contributed by atoms with Crippen molar-refractivity contribution in [1.29, 1.82) is 0 Å². The van der Waals surface area contributed by atoms with E-state index in [1.165, 1.54) is 18.4 Å². The summed E-state index contributed by atoms with van der Waals surface area (Å²) in [7, 11) is 0. The van der Waals surface area contributed by atoms with Gasteiger partial charge in [-0.3, -0.25) is 4.79 Å². The van der Waals surface area contributed by atoms with Gasteiger partial charge in [-0.1, -0.05) is 61.7 Å². The second-order valence-electron chi connectivity index (χ2n) is 7.47. The summed E-state index contributed by atoms with van der Waals surface area (Å²) in [4.78, 5) is 12.1. The highest BCUT2D eigenvalue weighted by atomic mass is 35.5. The average Bonchev–Trinajstić information content (AvgIpc) is 3.03. The maximum atomic E-state index is 12.1. The molecule has 29 heavy (non-hydrogen) atoms. The van der Waals surface area contributed by atoms with Crippen LogP contribution in [0.1, 0.15) is 47.7 Å². The molecule has 0 unspecified atom stereocenters. The largest absolute Gasteiger partial charge is 0.366 e. The lowest BCUT2D eigenvalue weighted by Gasteiger charge is -2.10. The predicted octanol–water partition coefficient (Wildman–Crippen LogP) is 6.13. The molecule has 1 amide bonds. The smallest absolute Gasteiger partial charge is 0.249 e. The van der Waals surface area contributed by atoms with Gasteiger partial charge in [-0.25, -0.2) is 0 Å². The fourth-order valence-electron chi connectivity index (χ4n) is 4.00. The summed E-state index contributed by atoms with van der Waals surface area (Å²) in [6, 6.07) is 21.3. The van der Waals surface area contributed by atoms with E-state index in [1.54, 1.807) is 6.07 Å². The molecule has 0 aliphatic carbocycles. The number of hydrogen-bond acceptors (Lipinski definition) is 1. The minimum absolute atomic E-state index is 0.423.